The molecule has 0 saturated carbocycles. The molecular formula is C23H38F8I2O7. The lowest BCUT2D eigenvalue weighted by molar-refractivity contribution is -0.362. The van der Waals surface area contributed by atoms with Crippen molar-refractivity contribution in [3.63, 3.8) is 0 Å². The monoisotopic (exact) mass is 832 g/mol. The van der Waals surface area contributed by atoms with Crippen LogP contribution in [0.5, 0.6) is 0 Å². The molecule has 0 aliphatic rings. The van der Waals surface area contributed by atoms with Gasteiger partial charge in [0.2, 0.25) is 0 Å². The van der Waals surface area contributed by atoms with Crippen molar-refractivity contribution in [3.05, 3.63) is 0 Å². The highest BCUT2D eigenvalue weighted by atomic mass is 127. The van der Waals surface area contributed by atoms with E-state index < -0.39 is 47.6 Å². The van der Waals surface area contributed by atoms with Crippen LogP contribution in [0.25, 0.3) is 0 Å². The summed E-state index contributed by atoms with van der Waals surface area (Å²) in [4.78, 5) is 0. The highest BCUT2D eigenvalue weighted by molar-refractivity contribution is 14.1. The lowest BCUT2D eigenvalue weighted by Crippen LogP contribution is -2.61. The number of rotatable bonds is 27. The van der Waals surface area contributed by atoms with Crippen LogP contribution in [0.1, 0.15) is 20.3 Å². The van der Waals surface area contributed by atoms with E-state index in [1.54, 1.807) is 0 Å². The maximum absolute atomic E-state index is 13.8. The van der Waals surface area contributed by atoms with Crippen molar-refractivity contribution >= 4 is 45.2 Å². The van der Waals surface area contributed by atoms with Crippen molar-refractivity contribution < 1.29 is 68.3 Å². The number of hydrogen-bond acceptors (Lipinski definition) is 7. The minimum Gasteiger partial charge on any atom is -0.378 e. The summed E-state index contributed by atoms with van der Waals surface area (Å²) < 4.78 is 143. The second-order valence-electron chi connectivity index (χ2n) is 8.54. The van der Waals surface area contributed by atoms with E-state index in [0.717, 1.165) is 0 Å². The first-order chi connectivity index (χ1) is 18.6. The lowest BCUT2D eigenvalue weighted by Gasteiger charge is -2.36. The van der Waals surface area contributed by atoms with Gasteiger partial charge < -0.3 is 33.2 Å². The van der Waals surface area contributed by atoms with Gasteiger partial charge in [-0.05, 0) is 0 Å². The molecule has 242 valence electrons. The number of halogens is 10. The Morgan fingerprint density at radius 2 is 0.800 bits per heavy atom. The van der Waals surface area contributed by atoms with Crippen LogP contribution in [0.2, 0.25) is 0 Å². The molecule has 2 atom stereocenters. The first kappa shape index (κ1) is 40.6. The summed E-state index contributed by atoms with van der Waals surface area (Å²) in [5.74, 6) is -23.2. The van der Waals surface area contributed by atoms with Crippen molar-refractivity contribution in [3.8, 4) is 0 Å². The van der Waals surface area contributed by atoms with Gasteiger partial charge in [-0.15, -0.1) is 0 Å². The topological polar surface area (TPSA) is 64.6 Å². The van der Waals surface area contributed by atoms with Crippen molar-refractivity contribution in [2.75, 3.05) is 92.5 Å². The minimum absolute atomic E-state index is 0.0294. The first-order valence-electron chi connectivity index (χ1n) is 12.4. The number of hydrogen-bond donors (Lipinski definition) is 0. The van der Waals surface area contributed by atoms with E-state index in [1.807, 2.05) is 0 Å². The van der Waals surface area contributed by atoms with Crippen molar-refractivity contribution in [1.29, 1.82) is 0 Å². The third kappa shape index (κ3) is 17.0. The molecule has 0 aliphatic heterocycles. The Morgan fingerprint density at radius 1 is 0.500 bits per heavy atom. The zero-order valence-corrected chi connectivity index (χ0v) is 26.7. The molecule has 0 aromatic carbocycles. The molecule has 0 radical (unpaired) electrons. The average molecular weight is 832 g/mol. The zero-order chi connectivity index (χ0) is 30.7. The largest absolute Gasteiger partial charge is 0.378 e. The molecule has 0 saturated heterocycles. The summed E-state index contributed by atoms with van der Waals surface area (Å²) >= 11 is 3.58. The summed E-state index contributed by atoms with van der Waals surface area (Å²) in [6.07, 6.45) is -1.78. The molecule has 0 rings (SSSR count). The number of alkyl halides is 10. The summed E-state index contributed by atoms with van der Waals surface area (Å²) in [6, 6.07) is 0. The van der Waals surface area contributed by atoms with Gasteiger partial charge >= 0.3 is 23.7 Å². The van der Waals surface area contributed by atoms with E-state index in [4.69, 9.17) is 33.2 Å². The summed E-state index contributed by atoms with van der Waals surface area (Å²) in [5.41, 5.74) is 0. The first-order valence-corrected chi connectivity index (χ1v) is 14.9. The molecule has 40 heavy (non-hydrogen) atoms. The van der Waals surface area contributed by atoms with Gasteiger partial charge in [0, 0.05) is 21.2 Å². The van der Waals surface area contributed by atoms with E-state index in [1.165, 1.54) is 22.6 Å². The minimum atomic E-state index is -6.25. The molecule has 17 heteroatoms. The SMILES string of the molecule is CC(I)COCCOCCOCCOCCOCCOCCOCC(I)CC(F)(F)C(F)(F)C(F)(F)C(C)(F)F. The second-order valence-corrected chi connectivity index (χ2v) is 12.4. The van der Waals surface area contributed by atoms with Gasteiger partial charge in [-0.25, -0.2) is 0 Å². The van der Waals surface area contributed by atoms with Crippen LogP contribution >= 0.6 is 45.2 Å². The van der Waals surface area contributed by atoms with Crippen LogP contribution in [-0.4, -0.2) is 124 Å². The van der Waals surface area contributed by atoms with Gasteiger partial charge in [0.1, 0.15) is 0 Å². The van der Waals surface area contributed by atoms with E-state index in [-0.39, 0.29) is 26.4 Å². The van der Waals surface area contributed by atoms with E-state index in [0.29, 0.717) is 63.4 Å². The van der Waals surface area contributed by atoms with Gasteiger partial charge in [-0.1, -0.05) is 52.1 Å². The van der Waals surface area contributed by atoms with Crippen molar-refractivity contribution in [2.45, 2.75) is 51.8 Å². The van der Waals surface area contributed by atoms with Crippen LogP contribution in [0.4, 0.5) is 35.1 Å². The van der Waals surface area contributed by atoms with E-state index in [9.17, 15) is 35.1 Å². The van der Waals surface area contributed by atoms with Gasteiger partial charge in [0.15, 0.2) is 0 Å². The predicted molar refractivity (Wildman–Crippen MR) is 147 cm³/mol. The summed E-state index contributed by atoms with van der Waals surface area (Å²) in [6.45, 7) is 5.52. The highest BCUT2D eigenvalue weighted by Crippen LogP contribution is 2.54. The van der Waals surface area contributed by atoms with Gasteiger partial charge in [-0.3, -0.25) is 0 Å². The van der Waals surface area contributed by atoms with Crippen LogP contribution in [0, 0.1) is 0 Å². The van der Waals surface area contributed by atoms with Crippen LogP contribution in [-0.2, 0) is 33.2 Å². The Hall–Kier alpha value is 0.620. The molecular weight excluding hydrogens is 794 g/mol. The third-order valence-electron chi connectivity index (χ3n) is 4.76. The lowest BCUT2D eigenvalue weighted by atomic mass is 9.96. The van der Waals surface area contributed by atoms with Crippen molar-refractivity contribution in [1.82, 2.24) is 0 Å². The van der Waals surface area contributed by atoms with Crippen LogP contribution in [0.15, 0.2) is 0 Å². The molecule has 0 aliphatic carbocycles. The van der Waals surface area contributed by atoms with Gasteiger partial charge in [0.25, 0.3) is 0 Å². The van der Waals surface area contributed by atoms with Crippen molar-refractivity contribution in [2.24, 2.45) is 0 Å². The molecule has 0 bridgehead atoms. The fraction of sp³-hybridized carbons (Fsp3) is 1.00. The molecule has 0 aromatic rings. The quantitative estimate of drug-likeness (QED) is 0.0458. The standard InChI is InChI=1S/C23H38F8I2O7/c1-18(32)16-39-13-11-37-9-7-35-5-3-34-4-6-36-8-10-38-12-14-40-17-19(33)15-21(26,27)23(30,31)22(28,29)20(2,24)25/h18-19H,3-17H2,1-2H3. The van der Waals surface area contributed by atoms with Crippen LogP contribution < -0.4 is 0 Å². The Labute approximate surface area is 256 Å². The van der Waals surface area contributed by atoms with E-state index in [2.05, 4.69) is 29.5 Å². The Bertz CT molecular complexity index is 633. The maximum atomic E-state index is 13.8. The average Bonchev–Trinajstić information content (AvgIpc) is 2.83. The number of ether oxygens (including phenoxy) is 7. The zero-order valence-electron chi connectivity index (χ0n) is 22.4. The fourth-order valence-electron chi connectivity index (χ4n) is 2.64. The molecule has 0 amide bonds. The molecule has 0 N–H and O–H groups in total. The highest BCUT2D eigenvalue weighted by Gasteiger charge is 2.78. The molecule has 0 fully saturated rings. The molecule has 2 unspecified atom stereocenters. The Morgan fingerprint density at radius 3 is 1.10 bits per heavy atom. The molecule has 7 nitrogen and oxygen atoms in total. The molecule has 0 aromatic heterocycles. The summed E-state index contributed by atoms with van der Waals surface area (Å²) in [7, 11) is 0. The molecule has 0 heterocycles. The molecule has 0 spiro atoms. The third-order valence-corrected chi connectivity index (χ3v) is 5.92. The predicted octanol–water partition coefficient (Wildman–Crippen LogP) is 5.68. The second kappa shape index (κ2) is 21.3. The van der Waals surface area contributed by atoms with E-state index >= 15 is 0 Å². The normalized spacial score (nSPS) is 15.0. The smallest absolute Gasteiger partial charge is 0.378 e. The van der Waals surface area contributed by atoms with Gasteiger partial charge in [0.05, 0.1) is 92.5 Å². The maximum Gasteiger partial charge on any atom is 0.378 e. The fourth-order valence-corrected chi connectivity index (χ4v) is 3.71. The van der Waals surface area contributed by atoms with Crippen LogP contribution in [0.3, 0.4) is 0 Å². The Balaban J connectivity index is 3.64. The summed E-state index contributed by atoms with van der Waals surface area (Å²) in [5, 5.41) is 0. The Kier molecular flexibility index (Phi) is 21.7. The van der Waals surface area contributed by atoms with Gasteiger partial charge in [-0.2, -0.15) is 35.1 Å².